The molecule has 0 saturated heterocycles. The number of hydrogen-bond donors (Lipinski definition) is 0. The molecule has 3 heteroatoms. The minimum atomic E-state index is 0.881. The highest BCUT2D eigenvalue weighted by Gasteiger charge is 1.91. The molecule has 1 heterocycles. The Labute approximate surface area is 79.7 Å². The van der Waals surface area contributed by atoms with Crippen LogP contribution in [0.3, 0.4) is 0 Å². The zero-order chi connectivity index (χ0) is 9.36. The normalized spacial score (nSPS) is 10.5. The zero-order valence-corrected chi connectivity index (χ0v) is 8.20. The Hall–Kier alpha value is -0.830. The van der Waals surface area contributed by atoms with E-state index in [0.717, 1.165) is 39.0 Å². The molecule has 3 nitrogen and oxygen atoms in total. The van der Waals surface area contributed by atoms with Gasteiger partial charge in [0.25, 0.3) is 0 Å². The predicted molar refractivity (Wildman–Crippen MR) is 51.4 cm³/mol. The number of unbranched alkanes of at least 4 members (excludes halogenated alkanes) is 1. The Balaban J connectivity index is 1.90. The van der Waals surface area contributed by atoms with Crippen LogP contribution in [-0.2, 0) is 11.3 Å². The van der Waals surface area contributed by atoms with Gasteiger partial charge in [0.1, 0.15) is 6.20 Å². The molecule has 1 radical (unpaired) electrons. The van der Waals surface area contributed by atoms with E-state index in [-0.39, 0.29) is 0 Å². The summed E-state index contributed by atoms with van der Waals surface area (Å²) in [4.78, 5) is 3.86. The van der Waals surface area contributed by atoms with Crippen molar-refractivity contribution in [1.82, 2.24) is 9.55 Å². The molecule has 1 aromatic rings. The van der Waals surface area contributed by atoms with Crippen molar-refractivity contribution in [3.05, 3.63) is 18.7 Å². The monoisotopic (exact) mass is 181 g/mol. The molecule has 73 valence electrons. The molecule has 0 atom stereocenters. The fraction of sp³-hybridized carbons (Fsp3) is 0.700. The summed E-state index contributed by atoms with van der Waals surface area (Å²) in [7, 11) is 0. The largest absolute Gasteiger partial charge is 0.381 e. The first-order chi connectivity index (χ1) is 6.43. The number of nitrogens with zero attached hydrogens (tertiary/aromatic N) is 2. The van der Waals surface area contributed by atoms with Crippen molar-refractivity contribution < 1.29 is 4.74 Å². The van der Waals surface area contributed by atoms with Gasteiger partial charge in [-0.1, -0.05) is 6.92 Å². The molecule has 0 aliphatic carbocycles. The van der Waals surface area contributed by atoms with Crippen LogP contribution in [0, 0.1) is 6.20 Å². The van der Waals surface area contributed by atoms with E-state index in [2.05, 4.69) is 18.1 Å². The fourth-order valence-corrected chi connectivity index (χ4v) is 1.12. The Kier molecular flexibility index (Phi) is 5.25. The van der Waals surface area contributed by atoms with Gasteiger partial charge in [0, 0.05) is 26.0 Å². The molecule has 0 spiro atoms. The molecule has 0 fully saturated rings. The first kappa shape index (κ1) is 10.3. The van der Waals surface area contributed by atoms with Gasteiger partial charge in [0.05, 0.1) is 6.33 Å². The number of hydrogen-bond acceptors (Lipinski definition) is 2. The average molecular weight is 181 g/mol. The van der Waals surface area contributed by atoms with Gasteiger partial charge in [0.2, 0.25) is 0 Å². The Bertz CT molecular complexity index is 197. The second-order valence-electron chi connectivity index (χ2n) is 3.06. The molecule has 1 aromatic heterocycles. The van der Waals surface area contributed by atoms with Gasteiger partial charge >= 0.3 is 0 Å². The van der Waals surface area contributed by atoms with Gasteiger partial charge in [0.15, 0.2) is 0 Å². The van der Waals surface area contributed by atoms with Crippen molar-refractivity contribution in [3.63, 3.8) is 0 Å². The van der Waals surface area contributed by atoms with Crippen LogP contribution in [0.5, 0.6) is 0 Å². The van der Waals surface area contributed by atoms with Crippen molar-refractivity contribution in [2.24, 2.45) is 0 Å². The average Bonchev–Trinajstić information content (AvgIpc) is 2.63. The van der Waals surface area contributed by atoms with Crippen LogP contribution in [0.25, 0.3) is 0 Å². The van der Waals surface area contributed by atoms with E-state index in [1.54, 1.807) is 6.33 Å². The lowest BCUT2D eigenvalue weighted by Crippen LogP contribution is -1.99. The lowest BCUT2D eigenvalue weighted by Gasteiger charge is -2.02. The maximum atomic E-state index is 5.37. The Morgan fingerprint density at radius 2 is 2.31 bits per heavy atom. The van der Waals surface area contributed by atoms with E-state index in [0.29, 0.717) is 0 Å². The van der Waals surface area contributed by atoms with E-state index >= 15 is 0 Å². The van der Waals surface area contributed by atoms with Gasteiger partial charge in [-0.2, -0.15) is 0 Å². The second kappa shape index (κ2) is 6.66. The summed E-state index contributed by atoms with van der Waals surface area (Å²) in [6.07, 6.45) is 9.82. The molecule has 0 unspecified atom stereocenters. The number of aryl methyl sites for hydroxylation is 1. The van der Waals surface area contributed by atoms with Gasteiger partial charge in [-0.05, 0) is 19.3 Å². The van der Waals surface area contributed by atoms with E-state index < -0.39 is 0 Å². The van der Waals surface area contributed by atoms with Crippen LogP contribution in [0.4, 0.5) is 0 Å². The van der Waals surface area contributed by atoms with Crippen molar-refractivity contribution >= 4 is 0 Å². The van der Waals surface area contributed by atoms with Gasteiger partial charge < -0.3 is 9.30 Å². The van der Waals surface area contributed by atoms with E-state index in [4.69, 9.17) is 4.74 Å². The molecule has 0 aliphatic rings. The second-order valence-corrected chi connectivity index (χ2v) is 3.06. The van der Waals surface area contributed by atoms with Gasteiger partial charge in [-0.3, -0.25) is 0 Å². The highest BCUT2D eigenvalue weighted by molar-refractivity contribution is 4.71. The predicted octanol–water partition coefficient (Wildman–Crippen LogP) is 1.89. The maximum Gasteiger partial charge on any atom is 0.108 e. The third-order valence-corrected chi connectivity index (χ3v) is 1.81. The molecule has 0 amide bonds. The molecular formula is C10H17N2O. The summed E-state index contributed by atoms with van der Waals surface area (Å²) >= 11 is 0. The van der Waals surface area contributed by atoms with Gasteiger partial charge in [-0.25, -0.2) is 4.98 Å². The highest BCUT2D eigenvalue weighted by atomic mass is 16.5. The molecule has 0 aromatic carbocycles. The van der Waals surface area contributed by atoms with Crippen LogP contribution in [0.2, 0.25) is 0 Å². The maximum absolute atomic E-state index is 5.37. The summed E-state index contributed by atoms with van der Waals surface area (Å²) < 4.78 is 7.41. The van der Waals surface area contributed by atoms with Crippen molar-refractivity contribution in [2.45, 2.75) is 32.7 Å². The molecule has 1 rings (SSSR count). The first-order valence-electron chi connectivity index (χ1n) is 4.89. The van der Waals surface area contributed by atoms with Crippen LogP contribution >= 0.6 is 0 Å². The summed E-state index contributed by atoms with van der Waals surface area (Å²) in [5, 5.41) is 0. The lowest BCUT2D eigenvalue weighted by atomic mass is 10.3. The minimum absolute atomic E-state index is 0.881. The summed E-state index contributed by atoms with van der Waals surface area (Å²) in [5.74, 6) is 0. The Morgan fingerprint density at radius 1 is 1.38 bits per heavy atom. The SMILES string of the molecule is CCCOCCCCn1c[c]nc1. The quantitative estimate of drug-likeness (QED) is 0.601. The number of rotatable bonds is 7. The first-order valence-corrected chi connectivity index (χ1v) is 4.89. The molecule has 0 bridgehead atoms. The van der Waals surface area contributed by atoms with Crippen molar-refractivity contribution in [2.75, 3.05) is 13.2 Å². The van der Waals surface area contributed by atoms with Crippen LogP contribution < -0.4 is 0 Å². The standard InChI is InChI=1S/C10H17N2O/c1-2-8-13-9-4-3-6-12-7-5-11-10-12/h7,10H,2-4,6,8-9H2,1H3. The Morgan fingerprint density at radius 3 is 3.00 bits per heavy atom. The van der Waals surface area contributed by atoms with Crippen molar-refractivity contribution in [1.29, 1.82) is 0 Å². The van der Waals surface area contributed by atoms with E-state index in [9.17, 15) is 0 Å². The number of aromatic nitrogens is 2. The van der Waals surface area contributed by atoms with E-state index in [1.165, 1.54) is 0 Å². The third kappa shape index (κ3) is 4.68. The number of imidazole rings is 1. The van der Waals surface area contributed by atoms with Crippen LogP contribution in [0.1, 0.15) is 26.2 Å². The summed E-state index contributed by atoms with van der Waals surface area (Å²) in [6.45, 7) is 4.92. The third-order valence-electron chi connectivity index (χ3n) is 1.81. The minimum Gasteiger partial charge on any atom is -0.381 e. The van der Waals surface area contributed by atoms with Gasteiger partial charge in [-0.15, -0.1) is 0 Å². The molecule has 0 N–H and O–H groups in total. The number of ether oxygens (including phenoxy) is 1. The van der Waals surface area contributed by atoms with E-state index in [1.807, 2.05) is 10.8 Å². The highest BCUT2D eigenvalue weighted by Crippen LogP contribution is 1.95. The molecule has 13 heavy (non-hydrogen) atoms. The summed E-state index contributed by atoms with van der Waals surface area (Å²) in [5.41, 5.74) is 0. The molecule has 0 saturated carbocycles. The lowest BCUT2D eigenvalue weighted by molar-refractivity contribution is 0.130. The zero-order valence-electron chi connectivity index (χ0n) is 8.20. The van der Waals surface area contributed by atoms with Crippen molar-refractivity contribution in [3.8, 4) is 0 Å². The van der Waals surface area contributed by atoms with Crippen LogP contribution in [-0.4, -0.2) is 22.8 Å². The molecule has 0 aliphatic heterocycles. The molecular weight excluding hydrogens is 164 g/mol. The van der Waals surface area contributed by atoms with Crippen LogP contribution in [0.15, 0.2) is 12.5 Å². The fourth-order valence-electron chi connectivity index (χ4n) is 1.12. The topological polar surface area (TPSA) is 27.1 Å². The summed E-state index contributed by atoms with van der Waals surface area (Å²) in [6, 6.07) is 0. The smallest absolute Gasteiger partial charge is 0.108 e.